The molecule has 1 aliphatic rings. The zero-order valence-corrected chi connectivity index (χ0v) is 12.3. The van der Waals surface area contributed by atoms with Gasteiger partial charge in [0.1, 0.15) is 11.6 Å². The van der Waals surface area contributed by atoms with E-state index >= 15 is 0 Å². The number of likely N-dealkylation sites (tertiary alicyclic amines) is 1. The normalized spacial score (nSPS) is 18.0. The first-order valence-corrected chi connectivity index (χ1v) is 7.17. The van der Waals surface area contributed by atoms with Crippen molar-refractivity contribution in [1.82, 2.24) is 4.90 Å². The Morgan fingerprint density at radius 3 is 2.55 bits per heavy atom. The van der Waals surface area contributed by atoms with E-state index in [2.05, 4.69) is 5.32 Å². The number of carbonyl (C=O) groups excluding carboxylic acids is 2. The lowest BCUT2D eigenvalue weighted by Gasteiger charge is -2.34. The standard InChI is InChI=1S/C15H19F2N3O2/c1-9(20-6-4-10(5-7-20)14(18)21)15(22)19-13-8-11(16)2-3-12(13)17/h2-3,8-10H,4-7H2,1H3,(H2,18,21)(H,19,22)/t9-/m1/s1. The SMILES string of the molecule is C[C@H](C(=O)Nc1cc(F)ccc1F)N1CCC(C(N)=O)CC1. The number of primary amides is 1. The predicted molar refractivity (Wildman–Crippen MR) is 77.9 cm³/mol. The average molecular weight is 311 g/mol. The fourth-order valence-corrected chi connectivity index (χ4v) is 2.57. The van der Waals surface area contributed by atoms with Gasteiger partial charge in [-0.15, -0.1) is 0 Å². The van der Waals surface area contributed by atoms with Crippen molar-refractivity contribution in [2.75, 3.05) is 18.4 Å². The van der Waals surface area contributed by atoms with Gasteiger partial charge in [-0.25, -0.2) is 8.78 Å². The summed E-state index contributed by atoms with van der Waals surface area (Å²) in [7, 11) is 0. The topological polar surface area (TPSA) is 75.4 Å². The number of carbonyl (C=O) groups is 2. The second-order valence-electron chi connectivity index (χ2n) is 5.50. The van der Waals surface area contributed by atoms with Crippen molar-refractivity contribution in [1.29, 1.82) is 0 Å². The number of nitrogens with zero attached hydrogens (tertiary/aromatic N) is 1. The van der Waals surface area contributed by atoms with Crippen molar-refractivity contribution >= 4 is 17.5 Å². The zero-order valence-electron chi connectivity index (χ0n) is 12.3. The van der Waals surface area contributed by atoms with Crippen LogP contribution in [0.3, 0.4) is 0 Å². The van der Waals surface area contributed by atoms with Crippen LogP contribution in [0.1, 0.15) is 19.8 Å². The number of rotatable bonds is 4. The van der Waals surface area contributed by atoms with E-state index in [0.29, 0.717) is 25.9 Å². The maximum Gasteiger partial charge on any atom is 0.241 e. The van der Waals surface area contributed by atoms with Crippen LogP contribution in [0, 0.1) is 17.6 Å². The molecule has 1 heterocycles. The highest BCUT2D eigenvalue weighted by Crippen LogP contribution is 2.20. The van der Waals surface area contributed by atoms with Crippen molar-refractivity contribution in [3.05, 3.63) is 29.8 Å². The van der Waals surface area contributed by atoms with Crippen LogP contribution >= 0.6 is 0 Å². The Morgan fingerprint density at radius 2 is 1.95 bits per heavy atom. The lowest BCUT2D eigenvalue weighted by atomic mass is 9.95. The smallest absolute Gasteiger partial charge is 0.241 e. The molecule has 0 radical (unpaired) electrons. The van der Waals surface area contributed by atoms with Crippen molar-refractivity contribution in [2.45, 2.75) is 25.8 Å². The number of hydrogen-bond acceptors (Lipinski definition) is 3. The fourth-order valence-electron chi connectivity index (χ4n) is 2.57. The zero-order chi connectivity index (χ0) is 16.3. The van der Waals surface area contributed by atoms with Gasteiger partial charge in [0.2, 0.25) is 11.8 Å². The van der Waals surface area contributed by atoms with Crippen LogP contribution in [0.2, 0.25) is 0 Å². The third kappa shape index (κ3) is 3.79. The Bertz CT molecular complexity index is 572. The molecule has 1 aromatic carbocycles. The second-order valence-corrected chi connectivity index (χ2v) is 5.50. The van der Waals surface area contributed by atoms with E-state index in [-0.39, 0.29) is 17.5 Å². The summed E-state index contributed by atoms with van der Waals surface area (Å²) in [6.45, 7) is 2.82. The molecule has 0 saturated carbocycles. The number of benzene rings is 1. The molecule has 120 valence electrons. The summed E-state index contributed by atoms with van der Waals surface area (Å²) in [4.78, 5) is 25.2. The molecule has 5 nitrogen and oxygen atoms in total. The Kier molecular flexibility index (Phi) is 5.07. The van der Waals surface area contributed by atoms with Gasteiger partial charge in [0.25, 0.3) is 0 Å². The molecule has 22 heavy (non-hydrogen) atoms. The Labute approximate surface area is 127 Å². The lowest BCUT2D eigenvalue weighted by Crippen LogP contribution is -2.47. The first-order valence-electron chi connectivity index (χ1n) is 7.17. The lowest BCUT2D eigenvalue weighted by molar-refractivity contribution is -0.124. The molecule has 1 aliphatic heterocycles. The van der Waals surface area contributed by atoms with E-state index in [0.717, 1.165) is 18.2 Å². The molecule has 0 aromatic heterocycles. The van der Waals surface area contributed by atoms with Gasteiger partial charge in [-0.2, -0.15) is 0 Å². The number of amides is 2. The summed E-state index contributed by atoms with van der Waals surface area (Å²) >= 11 is 0. The van der Waals surface area contributed by atoms with Gasteiger partial charge < -0.3 is 11.1 Å². The molecule has 0 aliphatic carbocycles. The number of hydrogen-bond donors (Lipinski definition) is 2. The molecule has 1 saturated heterocycles. The van der Waals surface area contributed by atoms with Crippen molar-refractivity contribution in [3.63, 3.8) is 0 Å². The molecule has 0 bridgehead atoms. The van der Waals surface area contributed by atoms with E-state index < -0.39 is 23.6 Å². The van der Waals surface area contributed by atoms with Crippen LogP contribution in [-0.2, 0) is 9.59 Å². The summed E-state index contributed by atoms with van der Waals surface area (Å²) in [5.41, 5.74) is 5.09. The minimum Gasteiger partial charge on any atom is -0.369 e. The van der Waals surface area contributed by atoms with Crippen LogP contribution in [0.5, 0.6) is 0 Å². The predicted octanol–water partition coefficient (Wildman–Crippen LogP) is 1.49. The second kappa shape index (κ2) is 6.83. The fraction of sp³-hybridized carbons (Fsp3) is 0.467. The van der Waals surface area contributed by atoms with E-state index in [1.807, 2.05) is 4.90 Å². The average Bonchev–Trinajstić information content (AvgIpc) is 2.50. The van der Waals surface area contributed by atoms with Crippen LogP contribution < -0.4 is 11.1 Å². The molecule has 1 aromatic rings. The van der Waals surface area contributed by atoms with Gasteiger partial charge in [-0.05, 0) is 45.0 Å². The number of nitrogens with one attached hydrogen (secondary N) is 1. The minimum atomic E-state index is -0.686. The van der Waals surface area contributed by atoms with E-state index in [4.69, 9.17) is 5.73 Å². The maximum atomic E-state index is 13.5. The highest BCUT2D eigenvalue weighted by Gasteiger charge is 2.29. The Morgan fingerprint density at radius 1 is 1.32 bits per heavy atom. The highest BCUT2D eigenvalue weighted by molar-refractivity contribution is 5.94. The number of anilines is 1. The maximum absolute atomic E-state index is 13.5. The molecular formula is C15H19F2N3O2. The Balaban J connectivity index is 1.95. The number of halogens is 2. The van der Waals surface area contributed by atoms with Gasteiger partial charge in [0.05, 0.1) is 11.7 Å². The third-order valence-corrected chi connectivity index (χ3v) is 4.05. The molecule has 1 atom stereocenters. The first-order chi connectivity index (χ1) is 10.4. The summed E-state index contributed by atoms with van der Waals surface area (Å²) in [6, 6.07) is 2.40. The summed E-state index contributed by atoms with van der Waals surface area (Å²) < 4.78 is 26.6. The molecule has 7 heteroatoms. The van der Waals surface area contributed by atoms with E-state index in [1.54, 1.807) is 6.92 Å². The molecule has 2 rings (SSSR count). The van der Waals surface area contributed by atoms with Gasteiger partial charge in [-0.3, -0.25) is 14.5 Å². The van der Waals surface area contributed by atoms with Crippen LogP contribution in [0.15, 0.2) is 18.2 Å². The van der Waals surface area contributed by atoms with Gasteiger partial charge in [0, 0.05) is 12.0 Å². The minimum absolute atomic E-state index is 0.160. The molecule has 0 spiro atoms. The molecular weight excluding hydrogens is 292 g/mol. The molecule has 3 N–H and O–H groups in total. The van der Waals surface area contributed by atoms with Crippen LogP contribution in [0.4, 0.5) is 14.5 Å². The third-order valence-electron chi connectivity index (χ3n) is 4.05. The van der Waals surface area contributed by atoms with Crippen LogP contribution in [0.25, 0.3) is 0 Å². The first kappa shape index (κ1) is 16.4. The number of nitrogens with two attached hydrogens (primary N) is 1. The largest absolute Gasteiger partial charge is 0.369 e. The van der Waals surface area contributed by atoms with Crippen molar-refractivity contribution in [3.8, 4) is 0 Å². The quantitative estimate of drug-likeness (QED) is 0.884. The van der Waals surface area contributed by atoms with E-state index in [9.17, 15) is 18.4 Å². The highest BCUT2D eigenvalue weighted by atomic mass is 19.1. The summed E-state index contributed by atoms with van der Waals surface area (Å²) in [5, 5.41) is 2.39. The summed E-state index contributed by atoms with van der Waals surface area (Å²) in [5.74, 6) is -2.20. The van der Waals surface area contributed by atoms with Crippen molar-refractivity contribution in [2.24, 2.45) is 11.7 Å². The van der Waals surface area contributed by atoms with Crippen LogP contribution in [-0.4, -0.2) is 35.8 Å². The summed E-state index contributed by atoms with van der Waals surface area (Å²) in [6.07, 6.45) is 1.20. The van der Waals surface area contributed by atoms with E-state index in [1.165, 1.54) is 0 Å². The van der Waals surface area contributed by atoms with Gasteiger partial charge in [0.15, 0.2) is 0 Å². The van der Waals surface area contributed by atoms with Gasteiger partial charge >= 0.3 is 0 Å². The molecule has 2 amide bonds. The van der Waals surface area contributed by atoms with Crippen molar-refractivity contribution < 1.29 is 18.4 Å². The number of piperidine rings is 1. The molecule has 1 fully saturated rings. The Hall–Kier alpha value is -2.02. The van der Waals surface area contributed by atoms with Gasteiger partial charge in [-0.1, -0.05) is 0 Å². The molecule has 0 unspecified atom stereocenters. The monoisotopic (exact) mass is 311 g/mol.